The van der Waals surface area contributed by atoms with Gasteiger partial charge in [-0.15, -0.1) is 6.58 Å². The van der Waals surface area contributed by atoms with E-state index >= 15 is 0 Å². The van der Waals surface area contributed by atoms with Gasteiger partial charge >= 0.3 is 0 Å². The molecule has 2 aromatic carbocycles. The minimum Gasteiger partial charge on any atom is -0.352 e. The van der Waals surface area contributed by atoms with Gasteiger partial charge in [-0.05, 0) is 43.2 Å². The number of aryl methyl sites for hydroxylation is 1. The SMILES string of the molecule is C=CCN(Cc1ccc(C(=O)NCCC)cc1)S(=O)(=O)c1ccc(C)cc1. The highest BCUT2D eigenvalue weighted by Gasteiger charge is 2.23. The van der Waals surface area contributed by atoms with Crippen molar-refractivity contribution in [3.05, 3.63) is 77.9 Å². The molecule has 0 saturated heterocycles. The normalized spacial score (nSPS) is 11.4. The van der Waals surface area contributed by atoms with Crippen molar-refractivity contribution in [3.63, 3.8) is 0 Å². The Morgan fingerprint density at radius 1 is 1.11 bits per heavy atom. The number of benzene rings is 2. The molecular weight excluding hydrogens is 360 g/mol. The van der Waals surface area contributed by atoms with E-state index in [1.165, 1.54) is 4.31 Å². The summed E-state index contributed by atoms with van der Waals surface area (Å²) in [4.78, 5) is 12.2. The molecule has 0 aromatic heterocycles. The van der Waals surface area contributed by atoms with Crippen LogP contribution >= 0.6 is 0 Å². The van der Waals surface area contributed by atoms with E-state index in [9.17, 15) is 13.2 Å². The van der Waals surface area contributed by atoms with Crippen LogP contribution in [0.4, 0.5) is 0 Å². The van der Waals surface area contributed by atoms with E-state index in [2.05, 4.69) is 11.9 Å². The summed E-state index contributed by atoms with van der Waals surface area (Å²) in [5.74, 6) is -0.126. The minimum atomic E-state index is -3.63. The molecule has 2 aromatic rings. The van der Waals surface area contributed by atoms with Crippen LogP contribution in [0.1, 0.15) is 34.8 Å². The quantitative estimate of drug-likeness (QED) is 0.671. The number of carbonyl (C=O) groups excluding carboxylic acids is 1. The van der Waals surface area contributed by atoms with Crippen molar-refractivity contribution in [3.8, 4) is 0 Å². The Kier molecular flexibility index (Phi) is 7.33. The average Bonchev–Trinajstić information content (AvgIpc) is 2.66. The molecule has 0 heterocycles. The van der Waals surface area contributed by atoms with Crippen molar-refractivity contribution in [2.24, 2.45) is 0 Å². The van der Waals surface area contributed by atoms with Gasteiger partial charge in [-0.3, -0.25) is 4.79 Å². The third-order valence-electron chi connectivity index (χ3n) is 4.10. The number of sulfonamides is 1. The Hall–Kier alpha value is -2.44. The van der Waals surface area contributed by atoms with Gasteiger partial charge in [-0.2, -0.15) is 4.31 Å². The Bertz CT molecular complexity index is 873. The van der Waals surface area contributed by atoms with E-state index in [1.54, 1.807) is 54.6 Å². The Balaban J connectivity index is 2.19. The molecule has 0 bridgehead atoms. The summed E-state index contributed by atoms with van der Waals surface area (Å²) in [5, 5.41) is 2.82. The smallest absolute Gasteiger partial charge is 0.251 e. The maximum atomic E-state index is 12.9. The summed E-state index contributed by atoms with van der Waals surface area (Å²) >= 11 is 0. The second-order valence-electron chi connectivity index (χ2n) is 6.35. The van der Waals surface area contributed by atoms with E-state index < -0.39 is 10.0 Å². The van der Waals surface area contributed by atoms with Crippen LogP contribution in [0.5, 0.6) is 0 Å². The lowest BCUT2D eigenvalue weighted by Gasteiger charge is -2.21. The molecule has 0 aliphatic rings. The number of amides is 1. The van der Waals surface area contributed by atoms with Crippen molar-refractivity contribution < 1.29 is 13.2 Å². The van der Waals surface area contributed by atoms with Crippen molar-refractivity contribution >= 4 is 15.9 Å². The zero-order valence-corrected chi connectivity index (χ0v) is 16.6. The van der Waals surface area contributed by atoms with Crippen molar-refractivity contribution in [1.82, 2.24) is 9.62 Å². The van der Waals surface area contributed by atoms with Gasteiger partial charge in [0.15, 0.2) is 0 Å². The molecule has 0 unspecified atom stereocenters. The molecule has 0 aliphatic carbocycles. The molecule has 1 N–H and O–H groups in total. The second kappa shape index (κ2) is 9.48. The highest BCUT2D eigenvalue weighted by molar-refractivity contribution is 7.89. The van der Waals surface area contributed by atoms with Crippen LogP contribution in [0.2, 0.25) is 0 Å². The van der Waals surface area contributed by atoms with Crippen LogP contribution in [0.15, 0.2) is 66.1 Å². The molecule has 6 heteroatoms. The molecule has 0 radical (unpaired) electrons. The molecule has 144 valence electrons. The van der Waals surface area contributed by atoms with Gasteiger partial charge in [0, 0.05) is 25.2 Å². The number of rotatable bonds is 9. The first kappa shape index (κ1) is 20.9. The maximum absolute atomic E-state index is 12.9. The van der Waals surface area contributed by atoms with Gasteiger partial charge < -0.3 is 5.32 Å². The topological polar surface area (TPSA) is 66.5 Å². The first-order valence-electron chi connectivity index (χ1n) is 8.93. The van der Waals surface area contributed by atoms with Gasteiger partial charge in [-0.25, -0.2) is 8.42 Å². The van der Waals surface area contributed by atoms with Crippen LogP contribution in [0.3, 0.4) is 0 Å². The summed E-state index contributed by atoms with van der Waals surface area (Å²) in [6, 6.07) is 13.8. The largest absolute Gasteiger partial charge is 0.352 e. The molecule has 0 spiro atoms. The van der Waals surface area contributed by atoms with Gasteiger partial charge in [-0.1, -0.05) is 42.8 Å². The fraction of sp³-hybridized carbons (Fsp3) is 0.286. The van der Waals surface area contributed by atoms with Gasteiger partial charge in [0.05, 0.1) is 4.90 Å². The highest BCUT2D eigenvalue weighted by atomic mass is 32.2. The number of carbonyl (C=O) groups is 1. The lowest BCUT2D eigenvalue weighted by molar-refractivity contribution is 0.0953. The van der Waals surface area contributed by atoms with Crippen molar-refractivity contribution in [2.45, 2.75) is 31.7 Å². The number of hydrogen-bond donors (Lipinski definition) is 1. The molecule has 2 rings (SSSR count). The van der Waals surface area contributed by atoms with Gasteiger partial charge in [0.1, 0.15) is 0 Å². The molecule has 0 aliphatic heterocycles. The maximum Gasteiger partial charge on any atom is 0.251 e. The molecule has 27 heavy (non-hydrogen) atoms. The Labute approximate surface area is 161 Å². The second-order valence-corrected chi connectivity index (χ2v) is 8.29. The van der Waals surface area contributed by atoms with E-state index in [-0.39, 0.29) is 23.9 Å². The first-order valence-corrected chi connectivity index (χ1v) is 10.4. The van der Waals surface area contributed by atoms with Crippen LogP contribution in [-0.4, -0.2) is 31.7 Å². The van der Waals surface area contributed by atoms with E-state index in [4.69, 9.17) is 0 Å². The standard InChI is InChI=1S/C21H26N2O3S/c1-4-14-22-21(24)19-10-8-18(9-11-19)16-23(15-5-2)27(25,26)20-12-6-17(3)7-13-20/h5-13H,2,4,14-16H2,1,3H3,(H,22,24). The minimum absolute atomic E-state index is 0.126. The third-order valence-corrected chi connectivity index (χ3v) is 5.93. The summed E-state index contributed by atoms with van der Waals surface area (Å²) in [5.41, 5.74) is 2.37. The molecule has 5 nitrogen and oxygen atoms in total. The predicted octanol–water partition coefficient (Wildman–Crippen LogP) is 3.51. The average molecular weight is 387 g/mol. The molecular formula is C21H26N2O3S. The van der Waals surface area contributed by atoms with E-state index in [1.807, 2.05) is 13.8 Å². The molecule has 0 atom stereocenters. The van der Waals surface area contributed by atoms with Crippen LogP contribution in [0.25, 0.3) is 0 Å². The predicted molar refractivity (Wildman–Crippen MR) is 108 cm³/mol. The number of nitrogens with one attached hydrogen (secondary N) is 1. The lowest BCUT2D eigenvalue weighted by atomic mass is 10.1. The van der Waals surface area contributed by atoms with Crippen molar-refractivity contribution in [2.75, 3.05) is 13.1 Å². The molecule has 1 amide bonds. The van der Waals surface area contributed by atoms with E-state index in [0.29, 0.717) is 12.1 Å². The Morgan fingerprint density at radius 3 is 2.30 bits per heavy atom. The van der Waals surface area contributed by atoms with Crippen LogP contribution in [0, 0.1) is 6.92 Å². The zero-order chi connectivity index (χ0) is 19.9. The molecule has 0 saturated carbocycles. The fourth-order valence-electron chi connectivity index (χ4n) is 2.56. The third kappa shape index (κ3) is 5.52. The summed E-state index contributed by atoms with van der Waals surface area (Å²) in [6.07, 6.45) is 2.44. The van der Waals surface area contributed by atoms with Crippen molar-refractivity contribution in [1.29, 1.82) is 0 Å². The van der Waals surface area contributed by atoms with Gasteiger partial charge in [0.25, 0.3) is 5.91 Å². The summed E-state index contributed by atoms with van der Waals surface area (Å²) in [6.45, 7) is 8.61. The first-order chi connectivity index (χ1) is 12.9. The van der Waals surface area contributed by atoms with E-state index in [0.717, 1.165) is 17.5 Å². The zero-order valence-electron chi connectivity index (χ0n) is 15.8. The van der Waals surface area contributed by atoms with Crippen LogP contribution < -0.4 is 5.32 Å². The number of hydrogen-bond acceptors (Lipinski definition) is 3. The van der Waals surface area contributed by atoms with Crippen LogP contribution in [-0.2, 0) is 16.6 Å². The van der Waals surface area contributed by atoms with Gasteiger partial charge in [0.2, 0.25) is 10.0 Å². The number of nitrogens with zero attached hydrogens (tertiary/aromatic N) is 1. The monoisotopic (exact) mass is 386 g/mol. The highest BCUT2D eigenvalue weighted by Crippen LogP contribution is 2.19. The summed E-state index contributed by atoms with van der Waals surface area (Å²) < 4.78 is 27.3. The lowest BCUT2D eigenvalue weighted by Crippen LogP contribution is -2.31. The molecule has 0 fully saturated rings. The fourth-order valence-corrected chi connectivity index (χ4v) is 3.96. The Morgan fingerprint density at radius 2 is 1.74 bits per heavy atom. The summed E-state index contributed by atoms with van der Waals surface area (Å²) in [7, 11) is -3.63.